The van der Waals surface area contributed by atoms with E-state index in [1.807, 2.05) is 0 Å². The highest BCUT2D eigenvalue weighted by molar-refractivity contribution is 6.32. The topological polar surface area (TPSA) is 9.23 Å². The van der Waals surface area contributed by atoms with Gasteiger partial charge in [0.05, 0.1) is 12.1 Å². The van der Waals surface area contributed by atoms with Crippen LogP contribution < -0.4 is 4.74 Å². The van der Waals surface area contributed by atoms with E-state index >= 15 is 0 Å². The lowest BCUT2D eigenvalue weighted by atomic mass is 10.2. The van der Waals surface area contributed by atoms with E-state index in [1.165, 1.54) is 14.0 Å². The van der Waals surface area contributed by atoms with Crippen molar-refractivity contribution in [1.82, 2.24) is 0 Å². The third-order valence-corrected chi connectivity index (χ3v) is 2.02. The molecular formula is C8H7ClF2O. The fourth-order valence-electron chi connectivity index (χ4n) is 0.852. The molecule has 0 N–H and O–H groups in total. The molecule has 66 valence electrons. The maximum absolute atomic E-state index is 12.8. The van der Waals surface area contributed by atoms with Gasteiger partial charge in [0.15, 0.2) is 11.6 Å². The first-order valence-corrected chi connectivity index (χ1v) is 3.63. The summed E-state index contributed by atoms with van der Waals surface area (Å²) < 4.78 is 30.3. The summed E-state index contributed by atoms with van der Waals surface area (Å²) in [5, 5.41) is -0.0185. The molecule has 0 aliphatic carbocycles. The second-order valence-corrected chi connectivity index (χ2v) is 2.69. The Bertz CT molecular complexity index is 312. The van der Waals surface area contributed by atoms with Crippen molar-refractivity contribution in [1.29, 1.82) is 0 Å². The van der Waals surface area contributed by atoms with Gasteiger partial charge in [0.25, 0.3) is 0 Å². The highest BCUT2D eigenvalue weighted by Crippen LogP contribution is 2.32. The van der Waals surface area contributed by atoms with Gasteiger partial charge in [-0.15, -0.1) is 0 Å². The molecule has 1 aromatic carbocycles. The maximum Gasteiger partial charge on any atom is 0.173 e. The molecule has 0 unspecified atom stereocenters. The lowest BCUT2D eigenvalue weighted by molar-refractivity contribution is 0.383. The lowest BCUT2D eigenvalue weighted by Crippen LogP contribution is -1.94. The SMILES string of the molecule is COc1c(F)cc(F)c(C)c1Cl. The van der Waals surface area contributed by atoms with Crippen LogP contribution >= 0.6 is 11.6 Å². The number of hydrogen-bond donors (Lipinski definition) is 0. The van der Waals surface area contributed by atoms with Crippen LogP contribution in [0.3, 0.4) is 0 Å². The van der Waals surface area contributed by atoms with Crippen molar-refractivity contribution in [3.05, 3.63) is 28.3 Å². The predicted molar refractivity (Wildman–Crippen MR) is 42.7 cm³/mol. The summed E-state index contributed by atoms with van der Waals surface area (Å²) in [5.74, 6) is -1.57. The maximum atomic E-state index is 12.8. The van der Waals surface area contributed by atoms with Crippen LogP contribution in [-0.2, 0) is 0 Å². The summed E-state index contributed by atoms with van der Waals surface area (Å²) in [6.07, 6.45) is 0. The van der Waals surface area contributed by atoms with Crippen molar-refractivity contribution >= 4 is 11.6 Å². The van der Waals surface area contributed by atoms with E-state index in [0.29, 0.717) is 0 Å². The van der Waals surface area contributed by atoms with E-state index in [4.69, 9.17) is 11.6 Å². The highest BCUT2D eigenvalue weighted by atomic mass is 35.5. The molecule has 1 aromatic rings. The molecule has 1 nitrogen and oxygen atoms in total. The second kappa shape index (κ2) is 3.27. The van der Waals surface area contributed by atoms with Gasteiger partial charge >= 0.3 is 0 Å². The molecule has 0 fully saturated rings. The van der Waals surface area contributed by atoms with Crippen LogP contribution in [0.4, 0.5) is 8.78 Å². The van der Waals surface area contributed by atoms with Gasteiger partial charge in [0, 0.05) is 11.6 Å². The number of hydrogen-bond acceptors (Lipinski definition) is 1. The predicted octanol–water partition coefficient (Wildman–Crippen LogP) is 2.94. The molecule has 0 bridgehead atoms. The molecular weight excluding hydrogens is 186 g/mol. The average molecular weight is 193 g/mol. The Morgan fingerprint density at radius 1 is 1.33 bits per heavy atom. The number of methoxy groups -OCH3 is 1. The van der Waals surface area contributed by atoms with Crippen molar-refractivity contribution in [2.75, 3.05) is 7.11 Å². The van der Waals surface area contributed by atoms with Crippen molar-refractivity contribution < 1.29 is 13.5 Å². The molecule has 0 heterocycles. The zero-order valence-corrected chi connectivity index (χ0v) is 7.38. The van der Waals surface area contributed by atoms with Crippen LogP contribution in [0.15, 0.2) is 6.07 Å². The first-order chi connectivity index (χ1) is 5.57. The largest absolute Gasteiger partial charge is 0.492 e. The second-order valence-electron chi connectivity index (χ2n) is 2.31. The highest BCUT2D eigenvalue weighted by Gasteiger charge is 2.14. The number of rotatable bonds is 1. The van der Waals surface area contributed by atoms with E-state index in [2.05, 4.69) is 4.74 Å². The van der Waals surface area contributed by atoms with Gasteiger partial charge in [-0.25, -0.2) is 8.78 Å². The summed E-state index contributed by atoms with van der Waals surface area (Å²) >= 11 is 5.60. The fraction of sp³-hybridized carbons (Fsp3) is 0.250. The van der Waals surface area contributed by atoms with Crippen molar-refractivity contribution in [3.8, 4) is 5.75 Å². The Morgan fingerprint density at radius 2 is 1.92 bits per heavy atom. The number of benzene rings is 1. The van der Waals surface area contributed by atoms with E-state index < -0.39 is 11.6 Å². The van der Waals surface area contributed by atoms with E-state index in [9.17, 15) is 8.78 Å². The minimum Gasteiger partial charge on any atom is -0.492 e. The Balaban J connectivity index is 3.40. The van der Waals surface area contributed by atoms with E-state index in [-0.39, 0.29) is 16.3 Å². The molecule has 0 aliphatic heterocycles. The molecule has 0 atom stereocenters. The van der Waals surface area contributed by atoms with Crippen LogP contribution in [0.25, 0.3) is 0 Å². The molecule has 0 aliphatic rings. The monoisotopic (exact) mass is 192 g/mol. The molecule has 0 saturated carbocycles. The molecule has 0 amide bonds. The van der Waals surface area contributed by atoms with Gasteiger partial charge < -0.3 is 4.74 Å². The van der Waals surface area contributed by atoms with Crippen LogP contribution in [0.2, 0.25) is 5.02 Å². The third-order valence-electron chi connectivity index (χ3n) is 1.56. The zero-order chi connectivity index (χ0) is 9.30. The molecule has 0 saturated heterocycles. The van der Waals surface area contributed by atoms with Crippen LogP contribution in [-0.4, -0.2) is 7.11 Å². The molecule has 0 radical (unpaired) electrons. The summed E-state index contributed by atoms with van der Waals surface area (Å²) in [5.41, 5.74) is 0.190. The van der Waals surface area contributed by atoms with Crippen molar-refractivity contribution in [2.45, 2.75) is 6.92 Å². The van der Waals surface area contributed by atoms with Crippen molar-refractivity contribution in [3.63, 3.8) is 0 Å². The molecule has 12 heavy (non-hydrogen) atoms. The number of halogens is 3. The van der Waals surface area contributed by atoms with Crippen LogP contribution in [0, 0.1) is 18.6 Å². The minimum absolute atomic E-state index is 0.0185. The summed E-state index contributed by atoms with van der Waals surface area (Å²) in [6.45, 7) is 1.46. The van der Waals surface area contributed by atoms with Crippen LogP contribution in [0.1, 0.15) is 5.56 Å². The number of ether oxygens (including phenoxy) is 1. The third kappa shape index (κ3) is 1.37. The van der Waals surface area contributed by atoms with E-state index in [1.54, 1.807) is 0 Å². The smallest absolute Gasteiger partial charge is 0.173 e. The van der Waals surface area contributed by atoms with Crippen molar-refractivity contribution in [2.24, 2.45) is 0 Å². The van der Waals surface area contributed by atoms with Gasteiger partial charge in [0.2, 0.25) is 0 Å². The Kier molecular flexibility index (Phi) is 2.52. The Hall–Kier alpha value is -0.830. The lowest BCUT2D eigenvalue weighted by Gasteiger charge is -2.07. The minimum atomic E-state index is -0.786. The first-order valence-electron chi connectivity index (χ1n) is 3.26. The molecule has 4 heteroatoms. The van der Waals surface area contributed by atoms with Gasteiger partial charge in [-0.3, -0.25) is 0 Å². The average Bonchev–Trinajstić information content (AvgIpc) is 2.01. The Labute approximate surface area is 73.9 Å². The molecule has 1 rings (SSSR count). The fourth-order valence-corrected chi connectivity index (χ4v) is 1.11. The quantitative estimate of drug-likeness (QED) is 0.665. The first kappa shape index (κ1) is 9.26. The summed E-state index contributed by atoms with van der Waals surface area (Å²) in [4.78, 5) is 0. The van der Waals surface area contributed by atoms with E-state index in [0.717, 1.165) is 6.07 Å². The normalized spacial score (nSPS) is 10.1. The molecule has 0 aromatic heterocycles. The van der Waals surface area contributed by atoms with Gasteiger partial charge in [0.1, 0.15) is 5.82 Å². The standard InChI is InChI=1S/C8H7ClF2O/c1-4-5(10)3-6(11)8(12-2)7(4)9/h3H,1-2H3. The van der Waals surface area contributed by atoms with Gasteiger partial charge in [-0.1, -0.05) is 11.6 Å². The Morgan fingerprint density at radius 3 is 2.42 bits per heavy atom. The van der Waals surface area contributed by atoms with Gasteiger partial charge in [-0.05, 0) is 6.92 Å². The van der Waals surface area contributed by atoms with Crippen LogP contribution in [0.5, 0.6) is 5.75 Å². The summed E-state index contributed by atoms with van der Waals surface area (Å²) in [7, 11) is 1.28. The molecule has 0 spiro atoms. The summed E-state index contributed by atoms with van der Waals surface area (Å²) in [6, 6.07) is 0.750. The zero-order valence-electron chi connectivity index (χ0n) is 6.62. The van der Waals surface area contributed by atoms with Gasteiger partial charge in [-0.2, -0.15) is 0 Å².